The number of amides is 2. The molecule has 0 atom stereocenters. The van der Waals surface area contributed by atoms with Crippen molar-refractivity contribution in [2.45, 2.75) is 0 Å². The molecule has 1 aromatic carbocycles. The molecule has 2 N–H and O–H groups in total. The third-order valence-electron chi connectivity index (χ3n) is 2.37. The van der Waals surface area contributed by atoms with Crippen LogP contribution in [0.1, 0.15) is 10.4 Å². The summed E-state index contributed by atoms with van der Waals surface area (Å²) >= 11 is 0. The van der Waals surface area contributed by atoms with E-state index in [9.17, 15) is 9.59 Å². The van der Waals surface area contributed by atoms with Crippen molar-refractivity contribution >= 4 is 11.8 Å². The van der Waals surface area contributed by atoms with Crippen LogP contribution in [0.4, 0.5) is 0 Å². The van der Waals surface area contributed by atoms with Crippen LogP contribution in [0.3, 0.4) is 0 Å². The number of hydrogen-bond donors (Lipinski definition) is 1. The minimum absolute atomic E-state index is 0.0729. The van der Waals surface area contributed by atoms with Crippen LogP contribution in [-0.2, 0) is 4.79 Å². The molecule has 1 aliphatic rings. The number of primary amides is 1. The molecule has 84 valence electrons. The lowest BCUT2D eigenvalue weighted by molar-refractivity contribution is -0.118. The zero-order valence-corrected chi connectivity index (χ0v) is 8.68. The highest BCUT2D eigenvalue weighted by Gasteiger charge is 2.23. The molecule has 0 fully saturated rings. The van der Waals surface area contributed by atoms with Gasteiger partial charge in [-0.25, -0.2) is 0 Å². The fraction of sp³-hybridized carbons (Fsp3) is 0.273. The van der Waals surface area contributed by atoms with Crippen LogP contribution in [0.2, 0.25) is 0 Å². The third-order valence-corrected chi connectivity index (χ3v) is 2.37. The van der Waals surface area contributed by atoms with Gasteiger partial charge in [-0.05, 0) is 12.1 Å². The monoisotopic (exact) mass is 220 g/mol. The molecular weight excluding hydrogens is 208 g/mol. The van der Waals surface area contributed by atoms with E-state index in [2.05, 4.69) is 0 Å². The van der Waals surface area contributed by atoms with Gasteiger partial charge in [0.05, 0.1) is 18.7 Å². The molecule has 1 aromatic rings. The molecule has 0 saturated heterocycles. The summed E-state index contributed by atoms with van der Waals surface area (Å²) in [6.07, 6.45) is 0. The Hall–Kier alpha value is -2.04. The van der Waals surface area contributed by atoms with E-state index in [0.29, 0.717) is 24.5 Å². The van der Waals surface area contributed by atoms with Crippen molar-refractivity contribution in [3.8, 4) is 5.75 Å². The fourth-order valence-electron chi connectivity index (χ4n) is 1.65. The summed E-state index contributed by atoms with van der Waals surface area (Å²) in [5.41, 5.74) is 5.56. The van der Waals surface area contributed by atoms with Crippen molar-refractivity contribution in [3.05, 3.63) is 29.8 Å². The second-order valence-electron chi connectivity index (χ2n) is 3.54. The molecule has 0 aliphatic carbocycles. The first kappa shape index (κ1) is 10.5. The van der Waals surface area contributed by atoms with Gasteiger partial charge in [0.15, 0.2) is 0 Å². The smallest absolute Gasteiger partial charge is 0.258 e. The van der Waals surface area contributed by atoms with Crippen molar-refractivity contribution in [2.24, 2.45) is 5.73 Å². The molecule has 0 unspecified atom stereocenters. The molecule has 0 spiro atoms. The normalized spacial score (nSPS) is 15.0. The lowest BCUT2D eigenvalue weighted by Gasteiger charge is -2.17. The van der Waals surface area contributed by atoms with Crippen molar-refractivity contribution in [1.82, 2.24) is 4.90 Å². The zero-order valence-electron chi connectivity index (χ0n) is 8.68. The molecule has 16 heavy (non-hydrogen) atoms. The minimum Gasteiger partial charge on any atom is -0.491 e. The van der Waals surface area contributed by atoms with Gasteiger partial charge in [0.1, 0.15) is 12.4 Å². The number of para-hydroxylation sites is 1. The van der Waals surface area contributed by atoms with E-state index in [4.69, 9.17) is 10.5 Å². The quantitative estimate of drug-likeness (QED) is 0.762. The van der Waals surface area contributed by atoms with Crippen molar-refractivity contribution in [1.29, 1.82) is 0 Å². The van der Waals surface area contributed by atoms with Gasteiger partial charge in [-0.15, -0.1) is 0 Å². The Morgan fingerprint density at radius 2 is 2.19 bits per heavy atom. The van der Waals surface area contributed by atoms with E-state index in [-0.39, 0.29) is 12.5 Å². The van der Waals surface area contributed by atoms with E-state index in [0.717, 1.165) is 0 Å². The third kappa shape index (κ3) is 1.98. The predicted molar refractivity (Wildman–Crippen MR) is 57.0 cm³/mol. The first-order valence-corrected chi connectivity index (χ1v) is 4.98. The Morgan fingerprint density at radius 3 is 2.94 bits per heavy atom. The van der Waals surface area contributed by atoms with Crippen LogP contribution < -0.4 is 10.5 Å². The number of rotatable bonds is 2. The van der Waals surface area contributed by atoms with Crippen LogP contribution in [0.5, 0.6) is 5.75 Å². The minimum atomic E-state index is -0.521. The second kappa shape index (κ2) is 4.22. The summed E-state index contributed by atoms with van der Waals surface area (Å²) in [5, 5.41) is 0. The van der Waals surface area contributed by atoms with Gasteiger partial charge in [-0.2, -0.15) is 0 Å². The molecule has 5 nitrogen and oxygen atoms in total. The standard InChI is InChI=1S/C11H12N2O3/c12-10(14)7-13-5-6-16-9-4-2-1-3-8(9)11(13)15/h1-4H,5-7H2,(H2,12,14). The molecule has 1 heterocycles. The molecule has 0 bridgehead atoms. The maximum absolute atomic E-state index is 12.0. The Balaban J connectivity index is 2.30. The van der Waals surface area contributed by atoms with Crippen LogP contribution in [0.25, 0.3) is 0 Å². The van der Waals surface area contributed by atoms with E-state index in [1.165, 1.54) is 4.90 Å². The Bertz CT molecular complexity index is 431. The highest BCUT2D eigenvalue weighted by Crippen LogP contribution is 2.22. The number of hydrogen-bond acceptors (Lipinski definition) is 3. The molecule has 1 aliphatic heterocycles. The molecule has 2 rings (SSSR count). The molecule has 2 amide bonds. The second-order valence-corrected chi connectivity index (χ2v) is 3.54. The average molecular weight is 220 g/mol. The highest BCUT2D eigenvalue weighted by molar-refractivity contribution is 5.98. The van der Waals surface area contributed by atoms with Gasteiger partial charge < -0.3 is 15.4 Å². The van der Waals surface area contributed by atoms with E-state index in [1.54, 1.807) is 24.3 Å². The number of nitrogens with zero attached hydrogens (tertiary/aromatic N) is 1. The number of ether oxygens (including phenoxy) is 1. The van der Waals surface area contributed by atoms with Crippen LogP contribution in [-0.4, -0.2) is 36.4 Å². The lowest BCUT2D eigenvalue weighted by atomic mass is 10.2. The number of fused-ring (bicyclic) bond motifs is 1. The molecule has 0 radical (unpaired) electrons. The zero-order chi connectivity index (χ0) is 11.5. The predicted octanol–water partition coefficient (Wildman–Crippen LogP) is 0.00650. The SMILES string of the molecule is NC(=O)CN1CCOc2ccccc2C1=O. The summed E-state index contributed by atoms with van der Waals surface area (Å²) in [7, 11) is 0. The summed E-state index contributed by atoms with van der Waals surface area (Å²) in [6, 6.07) is 6.97. The number of carbonyl (C=O) groups is 2. The summed E-state index contributed by atoms with van der Waals surface area (Å²) in [4.78, 5) is 24.2. The van der Waals surface area contributed by atoms with Gasteiger partial charge in [0.2, 0.25) is 5.91 Å². The molecular formula is C11H12N2O3. The van der Waals surface area contributed by atoms with E-state index in [1.807, 2.05) is 0 Å². The largest absolute Gasteiger partial charge is 0.491 e. The number of carbonyl (C=O) groups excluding carboxylic acids is 2. The summed E-state index contributed by atoms with van der Waals surface area (Å²) in [6.45, 7) is 0.670. The topological polar surface area (TPSA) is 72.6 Å². The first-order valence-electron chi connectivity index (χ1n) is 4.98. The van der Waals surface area contributed by atoms with Gasteiger partial charge in [-0.3, -0.25) is 9.59 Å². The van der Waals surface area contributed by atoms with Gasteiger partial charge in [-0.1, -0.05) is 12.1 Å². The Kier molecular flexibility index (Phi) is 2.76. The van der Waals surface area contributed by atoms with Crippen molar-refractivity contribution < 1.29 is 14.3 Å². The Labute approximate surface area is 92.8 Å². The molecule has 0 saturated carbocycles. The van der Waals surface area contributed by atoms with Crippen LogP contribution in [0, 0.1) is 0 Å². The summed E-state index contributed by atoms with van der Waals surface area (Å²) in [5.74, 6) is -0.181. The van der Waals surface area contributed by atoms with Crippen molar-refractivity contribution in [3.63, 3.8) is 0 Å². The van der Waals surface area contributed by atoms with Gasteiger partial charge in [0.25, 0.3) is 5.91 Å². The number of benzene rings is 1. The Morgan fingerprint density at radius 1 is 1.44 bits per heavy atom. The maximum atomic E-state index is 12.0. The lowest BCUT2D eigenvalue weighted by Crippen LogP contribution is -2.39. The highest BCUT2D eigenvalue weighted by atomic mass is 16.5. The maximum Gasteiger partial charge on any atom is 0.258 e. The van der Waals surface area contributed by atoms with E-state index >= 15 is 0 Å². The van der Waals surface area contributed by atoms with Gasteiger partial charge in [0, 0.05) is 0 Å². The van der Waals surface area contributed by atoms with E-state index < -0.39 is 5.91 Å². The van der Waals surface area contributed by atoms with Crippen LogP contribution in [0.15, 0.2) is 24.3 Å². The molecule has 5 heteroatoms. The first-order chi connectivity index (χ1) is 7.68. The van der Waals surface area contributed by atoms with Gasteiger partial charge >= 0.3 is 0 Å². The van der Waals surface area contributed by atoms with Crippen molar-refractivity contribution in [2.75, 3.05) is 19.7 Å². The summed E-state index contributed by atoms with van der Waals surface area (Å²) < 4.78 is 5.42. The van der Waals surface area contributed by atoms with Crippen LogP contribution >= 0.6 is 0 Å². The molecule has 0 aromatic heterocycles. The average Bonchev–Trinajstić information content (AvgIpc) is 2.40. The number of nitrogens with two attached hydrogens (primary N) is 1. The fourth-order valence-corrected chi connectivity index (χ4v) is 1.65.